The van der Waals surface area contributed by atoms with Gasteiger partial charge in [-0.05, 0) is 36.8 Å². The van der Waals surface area contributed by atoms with Crippen LogP contribution in [0.2, 0.25) is 0 Å². The Hall–Kier alpha value is -2.87. The van der Waals surface area contributed by atoms with E-state index in [2.05, 4.69) is 5.32 Å². The third-order valence-corrected chi connectivity index (χ3v) is 6.77. The zero-order chi connectivity index (χ0) is 21.2. The summed E-state index contributed by atoms with van der Waals surface area (Å²) in [6, 6.07) is 11.8. The number of rotatable bonds is 6. The van der Waals surface area contributed by atoms with Gasteiger partial charge in [0.1, 0.15) is 5.75 Å². The molecule has 0 saturated carbocycles. The average molecular weight is 416 g/mol. The molecule has 0 aromatic heterocycles. The van der Waals surface area contributed by atoms with Gasteiger partial charge in [0.15, 0.2) is 9.84 Å². The van der Waals surface area contributed by atoms with Gasteiger partial charge in [0, 0.05) is 13.0 Å². The summed E-state index contributed by atoms with van der Waals surface area (Å²) < 4.78 is 29.9. The molecule has 1 unspecified atom stereocenters. The predicted molar refractivity (Wildman–Crippen MR) is 111 cm³/mol. The van der Waals surface area contributed by atoms with Crippen molar-refractivity contribution in [2.45, 2.75) is 25.2 Å². The molecule has 1 saturated heterocycles. The lowest BCUT2D eigenvalue weighted by atomic mass is 10.1. The fraction of sp³-hybridized carbons (Fsp3) is 0.333. The molecule has 1 heterocycles. The van der Waals surface area contributed by atoms with Crippen LogP contribution in [0.4, 0.5) is 11.4 Å². The quantitative estimate of drug-likeness (QED) is 0.782. The summed E-state index contributed by atoms with van der Waals surface area (Å²) in [6.45, 7) is 3.67. The Morgan fingerprint density at radius 1 is 1.24 bits per heavy atom. The van der Waals surface area contributed by atoms with E-state index in [1.165, 1.54) is 13.2 Å². The van der Waals surface area contributed by atoms with Gasteiger partial charge in [-0.25, -0.2) is 8.42 Å². The van der Waals surface area contributed by atoms with Crippen molar-refractivity contribution in [1.29, 1.82) is 0 Å². The standard InChI is InChI=1S/C21H24N2O5S/c1-4-29(26,27)19-8-6-5-7-16(19)22-21(25)15-12-20(24)23(13-15)17-11-14(2)9-10-18(17)28-3/h5-11,15H,4,12-13H2,1-3H3,(H,22,25). The summed E-state index contributed by atoms with van der Waals surface area (Å²) in [7, 11) is -1.95. The molecule has 8 heteroatoms. The van der Waals surface area contributed by atoms with Crippen LogP contribution in [0.15, 0.2) is 47.4 Å². The van der Waals surface area contributed by atoms with Crippen LogP contribution >= 0.6 is 0 Å². The molecule has 154 valence electrons. The van der Waals surface area contributed by atoms with Gasteiger partial charge in [0.25, 0.3) is 0 Å². The molecular formula is C21H24N2O5S. The molecule has 3 rings (SSSR count). The minimum absolute atomic E-state index is 0.0472. The first-order valence-electron chi connectivity index (χ1n) is 9.34. The third-order valence-electron chi connectivity index (χ3n) is 4.98. The monoisotopic (exact) mass is 416 g/mol. The van der Waals surface area contributed by atoms with Crippen molar-refractivity contribution in [2.75, 3.05) is 29.6 Å². The molecule has 1 fully saturated rings. The van der Waals surface area contributed by atoms with Crippen LogP contribution < -0.4 is 15.0 Å². The van der Waals surface area contributed by atoms with E-state index in [4.69, 9.17) is 4.74 Å². The number of hydrogen-bond donors (Lipinski definition) is 1. The van der Waals surface area contributed by atoms with Crippen molar-refractivity contribution in [3.63, 3.8) is 0 Å². The van der Waals surface area contributed by atoms with Gasteiger partial charge < -0.3 is 15.0 Å². The van der Waals surface area contributed by atoms with Crippen LogP contribution in [0, 0.1) is 12.8 Å². The van der Waals surface area contributed by atoms with Crippen LogP contribution in [0.1, 0.15) is 18.9 Å². The second-order valence-corrected chi connectivity index (χ2v) is 9.22. The van der Waals surface area contributed by atoms with E-state index in [1.807, 2.05) is 19.1 Å². The summed E-state index contributed by atoms with van der Waals surface area (Å²) in [6.07, 6.45) is 0.0472. The lowest BCUT2D eigenvalue weighted by Gasteiger charge is -2.20. The van der Waals surface area contributed by atoms with Gasteiger partial charge in [-0.15, -0.1) is 0 Å². The van der Waals surface area contributed by atoms with Crippen molar-refractivity contribution in [3.05, 3.63) is 48.0 Å². The van der Waals surface area contributed by atoms with Gasteiger partial charge in [-0.3, -0.25) is 9.59 Å². The van der Waals surface area contributed by atoms with Crippen molar-refractivity contribution in [2.24, 2.45) is 5.92 Å². The number of nitrogens with one attached hydrogen (secondary N) is 1. The molecular weight excluding hydrogens is 392 g/mol. The van der Waals surface area contributed by atoms with E-state index >= 15 is 0 Å². The van der Waals surface area contributed by atoms with Crippen LogP contribution in [0.25, 0.3) is 0 Å². The molecule has 0 radical (unpaired) electrons. The molecule has 1 N–H and O–H groups in total. The Bertz CT molecular complexity index is 1050. The molecule has 1 aliphatic heterocycles. The Morgan fingerprint density at radius 3 is 2.66 bits per heavy atom. The minimum atomic E-state index is -3.48. The Kier molecular flexibility index (Phi) is 5.93. The maximum Gasteiger partial charge on any atom is 0.229 e. The first kappa shape index (κ1) is 20.9. The van der Waals surface area contributed by atoms with Gasteiger partial charge in [0.2, 0.25) is 11.8 Å². The number of anilines is 2. The van der Waals surface area contributed by atoms with E-state index < -0.39 is 15.8 Å². The van der Waals surface area contributed by atoms with Crippen molar-refractivity contribution in [3.8, 4) is 5.75 Å². The number of carbonyl (C=O) groups excluding carboxylic acids is 2. The minimum Gasteiger partial charge on any atom is -0.495 e. The smallest absolute Gasteiger partial charge is 0.229 e. The molecule has 2 amide bonds. The topological polar surface area (TPSA) is 92.8 Å². The van der Waals surface area contributed by atoms with E-state index in [0.717, 1.165) is 5.56 Å². The molecule has 0 aliphatic carbocycles. The van der Waals surface area contributed by atoms with Crippen molar-refractivity contribution in [1.82, 2.24) is 0 Å². The number of amides is 2. The molecule has 7 nitrogen and oxygen atoms in total. The van der Waals surface area contributed by atoms with Crippen LogP contribution in [-0.2, 0) is 19.4 Å². The number of para-hydroxylation sites is 1. The van der Waals surface area contributed by atoms with E-state index in [1.54, 1.807) is 36.1 Å². The molecule has 2 aromatic carbocycles. The molecule has 0 bridgehead atoms. The number of carbonyl (C=O) groups is 2. The summed E-state index contributed by atoms with van der Waals surface area (Å²) >= 11 is 0. The van der Waals surface area contributed by atoms with Crippen LogP contribution in [0.3, 0.4) is 0 Å². The number of nitrogens with zero attached hydrogens (tertiary/aromatic N) is 1. The number of methoxy groups -OCH3 is 1. The molecule has 29 heavy (non-hydrogen) atoms. The SMILES string of the molecule is CCS(=O)(=O)c1ccccc1NC(=O)C1CC(=O)N(c2cc(C)ccc2OC)C1. The van der Waals surface area contributed by atoms with Gasteiger partial charge in [-0.1, -0.05) is 25.1 Å². The lowest BCUT2D eigenvalue weighted by molar-refractivity contribution is -0.122. The Labute approximate surface area is 170 Å². The predicted octanol–water partition coefficient (Wildman–Crippen LogP) is 2.79. The Morgan fingerprint density at radius 2 is 1.97 bits per heavy atom. The van der Waals surface area contributed by atoms with Gasteiger partial charge in [0.05, 0.1) is 35.1 Å². The molecule has 2 aromatic rings. The zero-order valence-electron chi connectivity index (χ0n) is 16.6. The normalized spacial score (nSPS) is 16.7. The van der Waals surface area contributed by atoms with Gasteiger partial charge >= 0.3 is 0 Å². The highest BCUT2D eigenvalue weighted by molar-refractivity contribution is 7.91. The zero-order valence-corrected chi connectivity index (χ0v) is 17.5. The van der Waals surface area contributed by atoms with Crippen LogP contribution in [-0.4, -0.2) is 39.6 Å². The number of benzene rings is 2. The van der Waals surface area contributed by atoms with Crippen LogP contribution in [0.5, 0.6) is 5.75 Å². The summed E-state index contributed by atoms with van der Waals surface area (Å²) in [4.78, 5) is 27.0. The van der Waals surface area contributed by atoms with Crippen molar-refractivity contribution < 1.29 is 22.7 Å². The lowest BCUT2D eigenvalue weighted by Crippen LogP contribution is -2.28. The maximum atomic E-state index is 12.8. The summed E-state index contributed by atoms with van der Waals surface area (Å²) in [5.41, 5.74) is 1.83. The molecule has 1 atom stereocenters. The average Bonchev–Trinajstić information content (AvgIpc) is 3.10. The van der Waals surface area contributed by atoms with E-state index in [9.17, 15) is 18.0 Å². The van der Waals surface area contributed by atoms with Gasteiger partial charge in [-0.2, -0.15) is 0 Å². The highest BCUT2D eigenvalue weighted by Crippen LogP contribution is 2.34. The Balaban J connectivity index is 1.82. The van der Waals surface area contributed by atoms with E-state index in [-0.39, 0.29) is 41.1 Å². The molecule has 0 spiro atoms. The number of ether oxygens (including phenoxy) is 1. The number of sulfone groups is 1. The first-order chi connectivity index (χ1) is 13.8. The number of aryl methyl sites for hydroxylation is 1. The first-order valence-corrected chi connectivity index (χ1v) is 11.0. The summed E-state index contributed by atoms with van der Waals surface area (Å²) in [5.74, 6) is -0.660. The fourth-order valence-electron chi connectivity index (χ4n) is 3.36. The molecule has 1 aliphatic rings. The second-order valence-electron chi connectivity index (χ2n) is 6.97. The number of hydrogen-bond acceptors (Lipinski definition) is 5. The van der Waals surface area contributed by atoms with E-state index in [0.29, 0.717) is 11.4 Å². The highest BCUT2D eigenvalue weighted by Gasteiger charge is 2.36. The highest BCUT2D eigenvalue weighted by atomic mass is 32.2. The fourth-order valence-corrected chi connectivity index (χ4v) is 4.41. The summed E-state index contributed by atoms with van der Waals surface area (Å²) in [5, 5.41) is 2.70. The van der Waals surface area contributed by atoms with Crippen molar-refractivity contribution >= 4 is 33.0 Å². The third kappa shape index (κ3) is 4.27. The maximum absolute atomic E-state index is 12.8. The second kappa shape index (κ2) is 8.24. The largest absolute Gasteiger partial charge is 0.495 e.